The molecule has 0 amide bonds. The van der Waals surface area contributed by atoms with Crippen LogP contribution in [0.1, 0.15) is 45.2 Å². The predicted molar refractivity (Wildman–Crippen MR) is 102 cm³/mol. The highest BCUT2D eigenvalue weighted by atomic mass is 16.5. The second kappa shape index (κ2) is 7.19. The smallest absolute Gasteiger partial charge is 0.342 e. The molecule has 4 rings (SSSR count). The average Bonchev–Trinajstić information content (AvgIpc) is 3.48. The molecule has 2 aromatic carbocycles. The summed E-state index contributed by atoms with van der Waals surface area (Å²) in [5.41, 5.74) is 3.89. The molecule has 0 unspecified atom stereocenters. The summed E-state index contributed by atoms with van der Waals surface area (Å²) < 4.78 is 6.87. The molecule has 0 N–H and O–H groups in total. The Balaban J connectivity index is 1.40. The minimum Gasteiger partial charge on any atom is -0.454 e. The average molecular weight is 360 g/mol. The summed E-state index contributed by atoms with van der Waals surface area (Å²) in [4.78, 5) is 24.7. The Morgan fingerprint density at radius 1 is 1.04 bits per heavy atom. The molecular weight excluding hydrogens is 340 g/mol. The normalized spacial score (nSPS) is 13.4. The highest BCUT2D eigenvalue weighted by molar-refractivity contribution is 5.99. The van der Waals surface area contributed by atoms with Crippen LogP contribution in [0, 0.1) is 0 Å². The fraction of sp³-hybridized carbons (Fsp3) is 0.227. The zero-order valence-corrected chi connectivity index (χ0v) is 15.1. The van der Waals surface area contributed by atoms with Crippen LogP contribution in [0.4, 0.5) is 0 Å². The topological polar surface area (TPSA) is 61.2 Å². The van der Waals surface area contributed by atoms with E-state index in [0.29, 0.717) is 17.0 Å². The van der Waals surface area contributed by atoms with E-state index in [1.165, 1.54) is 0 Å². The van der Waals surface area contributed by atoms with Crippen LogP contribution in [-0.4, -0.2) is 28.1 Å². The van der Waals surface area contributed by atoms with E-state index in [4.69, 9.17) is 4.74 Å². The second-order valence-corrected chi connectivity index (χ2v) is 6.82. The molecule has 1 aliphatic carbocycles. The predicted octanol–water partition coefficient (Wildman–Crippen LogP) is 4.00. The van der Waals surface area contributed by atoms with Crippen molar-refractivity contribution in [1.82, 2.24) is 9.78 Å². The lowest BCUT2D eigenvalue weighted by atomic mass is 10.0. The van der Waals surface area contributed by atoms with Gasteiger partial charge >= 0.3 is 5.97 Å². The van der Waals surface area contributed by atoms with Crippen molar-refractivity contribution in [2.75, 3.05) is 6.61 Å². The van der Waals surface area contributed by atoms with Gasteiger partial charge in [0.05, 0.1) is 5.69 Å². The molecule has 0 atom stereocenters. The largest absolute Gasteiger partial charge is 0.454 e. The van der Waals surface area contributed by atoms with Crippen LogP contribution in [0.15, 0.2) is 60.8 Å². The first-order valence-electron chi connectivity index (χ1n) is 9.01. The first-order chi connectivity index (χ1) is 13.1. The Labute approximate surface area is 157 Å². The lowest BCUT2D eigenvalue weighted by Gasteiger charge is -2.06. The van der Waals surface area contributed by atoms with Crippen LogP contribution in [0.5, 0.6) is 0 Å². The van der Waals surface area contributed by atoms with Gasteiger partial charge in [0.1, 0.15) is 5.56 Å². The Kier molecular flexibility index (Phi) is 4.59. The maximum absolute atomic E-state index is 12.4. The van der Waals surface area contributed by atoms with Crippen LogP contribution in [-0.2, 0) is 11.8 Å². The third-order valence-electron chi connectivity index (χ3n) is 4.69. The number of Topliss-reactive ketones (excluding diaryl/α,β-unsaturated/α-hetero) is 1. The molecule has 1 aromatic heterocycles. The van der Waals surface area contributed by atoms with E-state index in [0.717, 1.165) is 29.7 Å². The van der Waals surface area contributed by atoms with Crippen molar-refractivity contribution in [3.05, 3.63) is 77.6 Å². The summed E-state index contributed by atoms with van der Waals surface area (Å²) in [6.07, 6.45) is 3.75. The molecule has 0 bridgehead atoms. The summed E-state index contributed by atoms with van der Waals surface area (Å²) in [6.45, 7) is -0.275. The van der Waals surface area contributed by atoms with E-state index in [1.807, 2.05) is 42.5 Å². The van der Waals surface area contributed by atoms with Crippen molar-refractivity contribution in [3.8, 4) is 11.1 Å². The number of hydrogen-bond acceptors (Lipinski definition) is 4. The number of rotatable bonds is 6. The third-order valence-corrected chi connectivity index (χ3v) is 4.69. The summed E-state index contributed by atoms with van der Waals surface area (Å²) in [6, 6.07) is 17.3. The molecular formula is C22H20N2O3. The Morgan fingerprint density at radius 3 is 2.37 bits per heavy atom. The van der Waals surface area contributed by atoms with Gasteiger partial charge in [-0.1, -0.05) is 54.6 Å². The number of hydrogen-bond donors (Lipinski definition) is 0. The number of ketones is 1. The van der Waals surface area contributed by atoms with E-state index in [-0.39, 0.29) is 12.4 Å². The number of carbonyl (C=O) groups is 2. The maximum Gasteiger partial charge on any atom is 0.342 e. The summed E-state index contributed by atoms with van der Waals surface area (Å²) in [5.74, 6) is -0.367. The summed E-state index contributed by atoms with van der Waals surface area (Å²) in [7, 11) is 1.78. The van der Waals surface area contributed by atoms with Gasteiger partial charge in [0.25, 0.3) is 0 Å². The van der Waals surface area contributed by atoms with E-state index >= 15 is 0 Å². The molecule has 1 aliphatic rings. The molecule has 0 aliphatic heterocycles. The van der Waals surface area contributed by atoms with Gasteiger partial charge in [-0.3, -0.25) is 9.48 Å². The SMILES string of the molecule is Cn1cc(C(=O)OCC(=O)c2ccc(-c3ccccc3)cc2)c(C2CC2)n1. The van der Waals surface area contributed by atoms with E-state index in [1.54, 1.807) is 30.1 Å². The minimum atomic E-state index is -0.487. The molecule has 0 radical (unpaired) electrons. The molecule has 1 saturated carbocycles. The molecule has 3 aromatic rings. The number of aryl methyl sites for hydroxylation is 1. The lowest BCUT2D eigenvalue weighted by Crippen LogP contribution is -2.15. The highest BCUT2D eigenvalue weighted by Gasteiger charge is 2.32. The van der Waals surface area contributed by atoms with Crippen LogP contribution in [0.25, 0.3) is 11.1 Å². The number of esters is 1. The van der Waals surface area contributed by atoms with Gasteiger partial charge in [-0.05, 0) is 24.0 Å². The number of carbonyl (C=O) groups excluding carboxylic acids is 2. The van der Waals surface area contributed by atoms with Crippen molar-refractivity contribution in [2.24, 2.45) is 7.05 Å². The van der Waals surface area contributed by atoms with Gasteiger partial charge in [-0.2, -0.15) is 5.10 Å². The van der Waals surface area contributed by atoms with Gasteiger partial charge in [-0.25, -0.2) is 4.79 Å². The van der Waals surface area contributed by atoms with E-state index < -0.39 is 5.97 Å². The molecule has 5 heteroatoms. The van der Waals surface area contributed by atoms with Crippen LogP contribution < -0.4 is 0 Å². The Morgan fingerprint density at radius 2 is 1.70 bits per heavy atom. The van der Waals surface area contributed by atoms with Crippen LogP contribution in [0.3, 0.4) is 0 Å². The summed E-state index contributed by atoms with van der Waals surface area (Å²) >= 11 is 0. The maximum atomic E-state index is 12.4. The monoisotopic (exact) mass is 360 g/mol. The molecule has 1 heterocycles. The number of nitrogens with zero attached hydrogens (tertiary/aromatic N) is 2. The zero-order valence-electron chi connectivity index (χ0n) is 15.1. The molecule has 0 spiro atoms. The van der Waals surface area contributed by atoms with Crippen LogP contribution in [0.2, 0.25) is 0 Å². The fourth-order valence-corrected chi connectivity index (χ4v) is 3.09. The van der Waals surface area contributed by atoms with Crippen molar-refractivity contribution in [3.63, 3.8) is 0 Å². The number of aromatic nitrogens is 2. The molecule has 5 nitrogen and oxygen atoms in total. The molecule has 0 saturated heterocycles. The second-order valence-electron chi connectivity index (χ2n) is 6.82. The van der Waals surface area contributed by atoms with Crippen molar-refractivity contribution < 1.29 is 14.3 Å². The quantitative estimate of drug-likeness (QED) is 0.492. The fourth-order valence-electron chi connectivity index (χ4n) is 3.09. The highest BCUT2D eigenvalue weighted by Crippen LogP contribution is 2.40. The van der Waals surface area contributed by atoms with Gasteiger partial charge in [0.15, 0.2) is 12.4 Å². The number of ether oxygens (including phenoxy) is 1. The first-order valence-corrected chi connectivity index (χ1v) is 9.01. The third kappa shape index (κ3) is 3.82. The lowest BCUT2D eigenvalue weighted by molar-refractivity contribution is 0.0473. The van der Waals surface area contributed by atoms with Gasteiger partial charge in [0.2, 0.25) is 0 Å². The van der Waals surface area contributed by atoms with E-state index in [2.05, 4.69) is 5.10 Å². The molecule has 1 fully saturated rings. The van der Waals surface area contributed by atoms with Crippen molar-refractivity contribution in [1.29, 1.82) is 0 Å². The van der Waals surface area contributed by atoms with Gasteiger partial charge in [-0.15, -0.1) is 0 Å². The van der Waals surface area contributed by atoms with Gasteiger partial charge < -0.3 is 4.74 Å². The Hall–Kier alpha value is -3.21. The van der Waals surface area contributed by atoms with Crippen LogP contribution >= 0.6 is 0 Å². The standard InChI is InChI=1S/C22H20N2O3/c1-24-13-19(21(23-24)18-11-12-18)22(26)27-14-20(25)17-9-7-16(8-10-17)15-5-3-2-4-6-15/h2-10,13,18H,11-12,14H2,1H3. The Bertz CT molecular complexity index is 971. The minimum absolute atomic E-state index is 0.222. The van der Waals surface area contributed by atoms with E-state index in [9.17, 15) is 9.59 Å². The van der Waals surface area contributed by atoms with Crippen molar-refractivity contribution >= 4 is 11.8 Å². The first kappa shape index (κ1) is 17.2. The van der Waals surface area contributed by atoms with Gasteiger partial charge in [0, 0.05) is 24.7 Å². The molecule has 27 heavy (non-hydrogen) atoms. The summed E-state index contributed by atoms with van der Waals surface area (Å²) in [5, 5.41) is 4.35. The number of benzene rings is 2. The molecule has 136 valence electrons. The van der Waals surface area contributed by atoms with Crippen molar-refractivity contribution in [2.45, 2.75) is 18.8 Å². The zero-order chi connectivity index (χ0) is 18.8.